The molecule has 0 bridgehead atoms. The van der Waals surface area contributed by atoms with E-state index in [4.69, 9.17) is 11.6 Å². The van der Waals surface area contributed by atoms with Gasteiger partial charge in [-0.3, -0.25) is 0 Å². The number of alkyl halides is 1. The minimum atomic E-state index is 0.569. The maximum atomic E-state index is 5.81. The first-order valence-corrected chi connectivity index (χ1v) is 6.84. The summed E-state index contributed by atoms with van der Waals surface area (Å²) in [6.45, 7) is 0.987. The van der Waals surface area contributed by atoms with E-state index in [0.29, 0.717) is 5.88 Å². The number of anilines is 1. The molecule has 0 aromatic heterocycles. The molecule has 0 fully saturated rings. The fraction of sp³-hybridized carbons (Fsp3) is 0.250. The molecule has 2 rings (SSSR count). The zero-order chi connectivity index (χ0) is 12.6. The lowest BCUT2D eigenvalue weighted by Gasteiger charge is -2.07. The smallest absolute Gasteiger partial charge is 0.0474 e. The third-order valence-electron chi connectivity index (χ3n) is 2.90. The molecule has 0 aliphatic carbocycles. The van der Waals surface area contributed by atoms with Crippen LogP contribution < -0.4 is 5.32 Å². The summed E-state index contributed by atoms with van der Waals surface area (Å²) in [5, 5.41) is 3.43. The van der Waals surface area contributed by atoms with Gasteiger partial charge in [0.15, 0.2) is 0 Å². The molecule has 0 saturated heterocycles. The van der Waals surface area contributed by atoms with Crippen LogP contribution in [0.1, 0.15) is 17.5 Å². The highest BCUT2D eigenvalue weighted by Crippen LogP contribution is 2.12. The Balaban J connectivity index is 1.75. The van der Waals surface area contributed by atoms with E-state index in [0.717, 1.165) is 30.6 Å². The first-order chi connectivity index (χ1) is 8.88. The van der Waals surface area contributed by atoms with Crippen LogP contribution in [0.25, 0.3) is 0 Å². The Morgan fingerprint density at radius 3 is 2.44 bits per heavy atom. The summed E-state index contributed by atoms with van der Waals surface area (Å²) in [4.78, 5) is 0. The zero-order valence-electron chi connectivity index (χ0n) is 10.4. The molecule has 0 radical (unpaired) electrons. The van der Waals surface area contributed by atoms with Crippen molar-refractivity contribution in [3.05, 3.63) is 65.7 Å². The average Bonchev–Trinajstić information content (AvgIpc) is 2.45. The van der Waals surface area contributed by atoms with Crippen LogP contribution in [-0.2, 0) is 12.3 Å². The predicted molar refractivity (Wildman–Crippen MR) is 79.3 cm³/mol. The normalized spacial score (nSPS) is 10.3. The largest absolute Gasteiger partial charge is 0.385 e. The zero-order valence-corrected chi connectivity index (χ0v) is 11.2. The maximum Gasteiger partial charge on any atom is 0.0474 e. The van der Waals surface area contributed by atoms with E-state index in [2.05, 4.69) is 47.8 Å². The Hall–Kier alpha value is -1.47. The molecule has 1 nitrogen and oxygen atoms in total. The first kappa shape index (κ1) is 13.0. The number of hydrogen-bond donors (Lipinski definition) is 1. The van der Waals surface area contributed by atoms with E-state index in [1.807, 2.05) is 12.1 Å². The Labute approximate surface area is 114 Å². The summed E-state index contributed by atoms with van der Waals surface area (Å²) < 4.78 is 0. The highest BCUT2D eigenvalue weighted by Gasteiger charge is 1.95. The Morgan fingerprint density at radius 2 is 1.67 bits per heavy atom. The first-order valence-electron chi connectivity index (χ1n) is 6.31. The summed E-state index contributed by atoms with van der Waals surface area (Å²) >= 11 is 5.81. The van der Waals surface area contributed by atoms with Crippen molar-refractivity contribution in [1.82, 2.24) is 0 Å². The van der Waals surface area contributed by atoms with Gasteiger partial charge in [0.2, 0.25) is 0 Å². The molecular weight excluding hydrogens is 242 g/mol. The number of halogens is 1. The van der Waals surface area contributed by atoms with Gasteiger partial charge in [0, 0.05) is 18.1 Å². The number of nitrogens with one attached hydrogen (secondary N) is 1. The van der Waals surface area contributed by atoms with Gasteiger partial charge in [-0.2, -0.15) is 0 Å². The monoisotopic (exact) mass is 259 g/mol. The molecular formula is C16H18ClN. The minimum absolute atomic E-state index is 0.569. The lowest BCUT2D eigenvalue weighted by molar-refractivity contribution is 0.863. The number of rotatable bonds is 6. The van der Waals surface area contributed by atoms with Crippen LogP contribution in [0.4, 0.5) is 5.69 Å². The summed E-state index contributed by atoms with van der Waals surface area (Å²) in [5.74, 6) is 0.569. The fourth-order valence-electron chi connectivity index (χ4n) is 1.93. The number of hydrogen-bond acceptors (Lipinski definition) is 1. The highest BCUT2D eigenvalue weighted by atomic mass is 35.5. The minimum Gasteiger partial charge on any atom is -0.385 e. The highest BCUT2D eigenvalue weighted by molar-refractivity contribution is 6.17. The van der Waals surface area contributed by atoms with Gasteiger partial charge in [0.05, 0.1) is 0 Å². The van der Waals surface area contributed by atoms with E-state index in [9.17, 15) is 0 Å². The second kappa shape index (κ2) is 7.07. The topological polar surface area (TPSA) is 12.0 Å². The Bertz CT molecular complexity index is 468. The molecule has 2 aromatic rings. The molecule has 0 amide bonds. The molecule has 2 heteroatoms. The molecule has 0 aliphatic rings. The number of benzene rings is 2. The van der Waals surface area contributed by atoms with E-state index < -0.39 is 0 Å². The van der Waals surface area contributed by atoms with Gasteiger partial charge in [-0.25, -0.2) is 0 Å². The maximum absolute atomic E-state index is 5.81. The quantitative estimate of drug-likeness (QED) is 0.596. The van der Waals surface area contributed by atoms with Crippen molar-refractivity contribution in [1.29, 1.82) is 0 Å². The summed E-state index contributed by atoms with van der Waals surface area (Å²) in [5.41, 5.74) is 3.71. The van der Waals surface area contributed by atoms with Gasteiger partial charge < -0.3 is 5.32 Å². The van der Waals surface area contributed by atoms with Crippen LogP contribution in [0.15, 0.2) is 54.6 Å². The van der Waals surface area contributed by atoms with Gasteiger partial charge in [0.1, 0.15) is 0 Å². The van der Waals surface area contributed by atoms with Crippen LogP contribution in [0, 0.1) is 0 Å². The lowest BCUT2D eigenvalue weighted by Crippen LogP contribution is -2.03. The molecule has 0 atom stereocenters. The van der Waals surface area contributed by atoms with Crippen LogP contribution in [-0.4, -0.2) is 6.54 Å². The van der Waals surface area contributed by atoms with E-state index in [1.54, 1.807) is 0 Å². The van der Waals surface area contributed by atoms with Crippen LogP contribution in [0.3, 0.4) is 0 Å². The second-order valence-electron chi connectivity index (χ2n) is 4.35. The fourth-order valence-corrected chi connectivity index (χ4v) is 2.10. The SMILES string of the molecule is ClCc1cccc(NCCCc2ccccc2)c1. The van der Waals surface area contributed by atoms with E-state index in [1.165, 1.54) is 5.56 Å². The standard InChI is InChI=1S/C16H18ClN/c17-13-15-8-4-10-16(12-15)18-11-5-9-14-6-2-1-3-7-14/h1-4,6-8,10,12,18H,5,9,11,13H2. The van der Waals surface area contributed by atoms with E-state index >= 15 is 0 Å². The van der Waals surface area contributed by atoms with Crippen molar-refractivity contribution in [3.63, 3.8) is 0 Å². The van der Waals surface area contributed by atoms with Gasteiger partial charge in [-0.15, -0.1) is 11.6 Å². The molecule has 18 heavy (non-hydrogen) atoms. The van der Waals surface area contributed by atoms with Crippen LogP contribution >= 0.6 is 11.6 Å². The van der Waals surface area contributed by atoms with Gasteiger partial charge in [-0.1, -0.05) is 42.5 Å². The molecule has 0 heterocycles. The molecule has 0 spiro atoms. The van der Waals surface area contributed by atoms with E-state index in [-0.39, 0.29) is 0 Å². The van der Waals surface area contributed by atoms with Gasteiger partial charge >= 0.3 is 0 Å². The molecule has 0 saturated carbocycles. The average molecular weight is 260 g/mol. The Kier molecular flexibility index (Phi) is 5.10. The van der Waals surface area contributed by atoms with Crippen molar-refractivity contribution in [2.45, 2.75) is 18.7 Å². The van der Waals surface area contributed by atoms with Crippen molar-refractivity contribution >= 4 is 17.3 Å². The van der Waals surface area contributed by atoms with Crippen molar-refractivity contribution < 1.29 is 0 Å². The molecule has 94 valence electrons. The summed E-state index contributed by atoms with van der Waals surface area (Å²) in [7, 11) is 0. The summed E-state index contributed by atoms with van der Waals surface area (Å²) in [6.07, 6.45) is 2.25. The molecule has 2 aromatic carbocycles. The van der Waals surface area contributed by atoms with Crippen LogP contribution in [0.2, 0.25) is 0 Å². The van der Waals surface area contributed by atoms with Gasteiger partial charge in [-0.05, 0) is 36.1 Å². The van der Waals surface area contributed by atoms with Gasteiger partial charge in [0.25, 0.3) is 0 Å². The van der Waals surface area contributed by atoms with Crippen molar-refractivity contribution in [3.8, 4) is 0 Å². The van der Waals surface area contributed by atoms with Crippen molar-refractivity contribution in [2.75, 3.05) is 11.9 Å². The summed E-state index contributed by atoms with van der Waals surface area (Å²) in [6, 6.07) is 18.9. The third kappa shape index (κ3) is 4.08. The second-order valence-corrected chi connectivity index (χ2v) is 4.62. The molecule has 0 unspecified atom stereocenters. The molecule has 1 N–H and O–H groups in total. The number of aryl methyl sites for hydroxylation is 1. The predicted octanol–water partition coefficient (Wildman–Crippen LogP) is 4.47. The van der Waals surface area contributed by atoms with Crippen LogP contribution in [0.5, 0.6) is 0 Å². The third-order valence-corrected chi connectivity index (χ3v) is 3.20. The lowest BCUT2D eigenvalue weighted by atomic mass is 10.1. The molecule has 0 aliphatic heterocycles. The van der Waals surface area contributed by atoms with Crippen molar-refractivity contribution in [2.24, 2.45) is 0 Å². The Morgan fingerprint density at radius 1 is 0.889 bits per heavy atom.